The Hall–Kier alpha value is -1.10. The Kier molecular flexibility index (Phi) is 7.62. The minimum absolute atomic E-state index is 0.00389. The van der Waals surface area contributed by atoms with Gasteiger partial charge in [0.1, 0.15) is 0 Å². The van der Waals surface area contributed by atoms with Crippen LogP contribution < -0.4 is 0 Å². The summed E-state index contributed by atoms with van der Waals surface area (Å²) in [5, 5.41) is 8.42. The fourth-order valence-electron chi connectivity index (χ4n) is 1.21. The minimum atomic E-state index is -0.859. The summed E-state index contributed by atoms with van der Waals surface area (Å²) >= 11 is 0. The Morgan fingerprint density at radius 2 is 2.00 bits per heavy atom. The molecule has 0 aliphatic heterocycles. The molecule has 0 saturated carbocycles. The van der Waals surface area contributed by atoms with Gasteiger partial charge in [0, 0.05) is 33.0 Å². The summed E-state index contributed by atoms with van der Waals surface area (Å²) < 4.78 is 4.88. The van der Waals surface area contributed by atoms with Gasteiger partial charge in [0.25, 0.3) is 0 Å². The molecular formula is C10H19NO4. The summed E-state index contributed by atoms with van der Waals surface area (Å²) in [4.78, 5) is 23.5. The lowest BCUT2D eigenvalue weighted by Gasteiger charge is -2.20. The van der Waals surface area contributed by atoms with Gasteiger partial charge in [-0.3, -0.25) is 9.59 Å². The van der Waals surface area contributed by atoms with Crippen LogP contribution in [-0.4, -0.2) is 48.7 Å². The van der Waals surface area contributed by atoms with E-state index in [1.54, 1.807) is 12.0 Å². The molecule has 0 spiro atoms. The van der Waals surface area contributed by atoms with Crippen molar-refractivity contribution in [1.82, 2.24) is 4.90 Å². The van der Waals surface area contributed by atoms with Crippen molar-refractivity contribution in [2.45, 2.75) is 26.2 Å². The molecule has 0 atom stereocenters. The molecule has 0 aliphatic rings. The molecule has 0 bridgehead atoms. The maximum atomic E-state index is 11.5. The number of methoxy groups -OCH3 is 1. The van der Waals surface area contributed by atoms with Gasteiger partial charge in [0.05, 0.1) is 6.61 Å². The number of carboxylic acids is 1. The van der Waals surface area contributed by atoms with E-state index < -0.39 is 5.97 Å². The summed E-state index contributed by atoms with van der Waals surface area (Å²) in [5.74, 6) is -0.862. The number of likely N-dealkylation sites (N-methyl/N-ethyl adjacent to an activating group) is 1. The van der Waals surface area contributed by atoms with Crippen molar-refractivity contribution in [3.8, 4) is 0 Å². The van der Waals surface area contributed by atoms with E-state index in [4.69, 9.17) is 9.84 Å². The highest BCUT2D eigenvalue weighted by Gasteiger charge is 2.11. The fourth-order valence-corrected chi connectivity index (χ4v) is 1.21. The Morgan fingerprint density at radius 3 is 2.47 bits per heavy atom. The number of hydrogen-bond donors (Lipinski definition) is 1. The van der Waals surface area contributed by atoms with E-state index in [9.17, 15) is 9.59 Å². The van der Waals surface area contributed by atoms with E-state index in [1.807, 2.05) is 6.92 Å². The SMILES string of the molecule is CCN(CCOC)C(=O)CCCC(=O)O. The lowest BCUT2D eigenvalue weighted by atomic mass is 10.2. The van der Waals surface area contributed by atoms with Crippen LogP contribution in [0.1, 0.15) is 26.2 Å². The molecule has 88 valence electrons. The first-order valence-electron chi connectivity index (χ1n) is 5.10. The summed E-state index contributed by atoms with van der Waals surface area (Å²) in [5.41, 5.74) is 0. The van der Waals surface area contributed by atoms with Gasteiger partial charge < -0.3 is 14.7 Å². The van der Waals surface area contributed by atoms with Gasteiger partial charge in [-0.15, -0.1) is 0 Å². The van der Waals surface area contributed by atoms with Crippen LogP contribution in [0.5, 0.6) is 0 Å². The average Bonchev–Trinajstić information content (AvgIpc) is 2.18. The molecule has 15 heavy (non-hydrogen) atoms. The average molecular weight is 217 g/mol. The highest BCUT2D eigenvalue weighted by atomic mass is 16.5. The monoisotopic (exact) mass is 217 g/mol. The zero-order chi connectivity index (χ0) is 11.7. The topological polar surface area (TPSA) is 66.8 Å². The van der Waals surface area contributed by atoms with E-state index >= 15 is 0 Å². The van der Waals surface area contributed by atoms with Crippen molar-refractivity contribution in [1.29, 1.82) is 0 Å². The first-order valence-corrected chi connectivity index (χ1v) is 5.10. The van der Waals surface area contributed by atoms with E-state index in [2.05, 4.69) is 0 Å². The number of ether oxygens (including phenoxy) is 1. The third-order valence-electron chi connectivity index (χ3n) is 2.08. The maximum absolute atomic E-state index is 11.5. The molecule has 1 N–H and O–H groups in total. The Morgan fingerprint density at radius 1 is 1.33 bits per heavy atom. The molecule has 0 aliphatic carbocycles. The third-order valence-corrected chi connectivity index (χ3v) is 2.08. The molecule has 0 aromatic rings. The zero-order valence-corrected chi connectivity index (χ0v) is 9.36. The number of carbonyl (C=O) groups is 2. The number of nitrogens with zero attached hydrogens (tertiary/aromatic N) is 1. The lowest BCUT2D eigenvalue weighted by molar-refractivity contribution is -0.137. The van der Waals surface area contributed by atoms with Crippen molar-refractivity contribution in [3.05, 3.63) is 0 Å². The molecule has 0 unspecified atom stereocenters. The van der Waals surface area contributed by atoms with Gasteiger partial charge in [-0.1, -0.05) is 0 Å². The molecule has 0 radical (unpaired) electrons. The minimum Gasteiger partial charge on any atom is -0.481 e. The lowest BCUT2D eigenvalue weighted by Crippen LogP contribution is -2.33. The number of rotatable bonds is 8. The highest BCUT2D eigenvalue weighted by molar-refractivity contribution is 5.76. The van der Waals surface area contributed by atoms with Gasteiger partial charge in [0.2, 0.25) is 5.91 Å². The van der Waals surface area contributed by atoms with Crippen LogP contribution in [0.2, 0.25) is 0 Å². The smallest absolute Gasteiger partial charge is 0.303 e. The van der Waals surface area contributed by atoms with Crippen LogP contribution >= 0.6 is 0 Å². The highest BCUT2D eigenvalue weighted by Crippen LogP contribution is 2.01. The zero-order valence-electron chi connectivity index (χ0n) is 9.36. The summed E-state index contributed by atoms with van der Waals surface area (Å²) in [7, 11) is 1.59. The molecule has 1 amide bonds. The van der Waals surface area contributed by atoms with Crippen molar-refractivity contribution in [2.24, 2.45) is 0 Å². The predicted molar refractivity (Wildman–Crippen MR) is 55.6 cm³/mol. The van der Waals surface area contributed by atoms with Crippen LogP contribution in [0.15, 0.2) is 0 Å². The molecule has 0 aromatic carbocycles. The van der Waals surface area contributed by atoms with E-state index in [1.165, 1.54) is 0 Å². The fraction of sp³-hybridized carbons (Fsp3) is 0.800. The molecule has 0 saturated heterocycles. The molecule has 0 fully saturated rings. The van der Waals surface area contributed by atoms with Crippen molar-refractivity contribution in [2.75, 3.05) is 26.8 Å². The van der Waals surface area contributed by atoms with Crippen LogP contribution in [0.4, 0.5) is 0 Å². The van der Waals surface area contributed by atoms with Gasteiger partial charge in [-0.2, -0.15) is 0 Å². The normalized spacial score (nSPS) is 10.0. The van der Waals surface area contributed by atoms with Crippen LogP contribution in [0.3, 0.4) is 0 Å². The Bertz CT molecular complexity index is 206. The Labute approximate surface area is 90.0 Å². The number of aliphatic carboxylic acids is 1. The number of carbonyl (C=O) groups excluding carboxylic acids is 1. The van der Waals surface area contributed by atoms with Gasteiger partial charge in [0.15, 0.2) is 0 Å². The van der Waals surface area contributed by atoms with E-state index in [0.717, 1.165) is 0 Å². The van der Waals surface area contributed by atoms with Gasteiger partial charge in [-0.25, -0.2) is 0 Å². The van der Waals surface area contributed by atoms with Crippen molar-refractivity contribution >= 4 is 11.9 Å². The number of amides is 1. The quantitative estimate of drug-likeness (QED) is 0.651. The molecule has 0 aromatic heterocycles. The number of carboxylic acid groups (broad SMARTS) is 1. The first kappa shape index (κ1) is 13.9. The van der Waals surface area contributed by atoms with Crippen molar-refractivity contribution < 1.29 is 19.4 Å². The predicted octanol–water partition coefficient (Wildman–Crippen LogP) is 0.736. The second-order valence-electron chi connectivity index (χ2n) is 3.21. The number of hydrogen-bond acceptors (Lipinski definition) is 3. The van der Waals surface area contributed by atoms with Crippen molar-refractivity contribution in [3.63, 3.8) is 0 Å². The molecular weight excluding hydrogens is 198 g/mol. The third kappa shape index (κ3) is 6.90. The van der Waals surface area contributed by atoms with E-state index in [-0.39, 0.29) is 12.3 Å². The standard InChI is InChI=1S/C10H19NO4/c1-3-11(7-8-15-2)9(12)5-4-6-10(13)14/h3-8H2,1-2H3,(H,13,14). The first-order chi connectivity index (χ1) is 7.11. The van der Waals surface area contributed by atoms with Crippen LogP contribution in [0, 0.1) is 0 Å². The molecule has 0 heterocycles. The van der Waals surface area contributed by atoms with Crippen LogP contribution in [-0.2, 0) is 14.3 Å². The summed E-state index contributed by atoms with van der Waals surface area (Å²) in [6.07, 6.45) is 0.745. The van der Waals surface area contributed by atoms with Gasteiger partial charge >= 0.3 is 5.97 Å². The molecule has 5 heteroatoms. The van der Waals surface area contributed by atoms with E-state index in [0.29, 0.717) is 32.5 Å². The Balaban J connectivity index is 3.77. The molecule has 0 rings (SSSR count). The van der Waals surface area contributed by atoms with Crippen LogP contribution in [0.25, 0.3) is 0 Å². The second kappa shape index (κ2) is 8.23. The second-order valence-corrected chi connectivity index (χ2v) is 3.21. The van der Waals surface area contributed by atoms with Gasteiger partial charge in [-0.05, 0) is 13.3 Å². The summed E-state index contributed by atoms with van der Waals surface area (Å²) in [6.45, 7) is 3.61. The maximum Gasteiger partial charge on any atom is 0.303 e. The molecule has 5 nitrogen and oxygen atoms in total. The summed E-state index contributed by atoms with van der Waals surface area (Å²) in [6, 6.07) is 0. The largest absolute Gasteiger partial charge is 0.481 e.